The molecule has 1 aliphatic rings. The molecule has 5 nitrogen and oxygen atoms in total. The van der Waals surface area contributed by atoms with E-state index in [4.69, 9.17) is 13.9 Å². The molecule has 1 fully saturated rings. The van der Waals surface area contributed by atoms with Crippen LogP contribution in [-0.4, -0.2) is 25.4 Å². The van der Waals surface area contributed by atoms with Gasteiger partial charge in [0.2, 0.25) is 0 Å². The summed E-state index contributed by atoms with van der Waals surface area (Å²) in [5, 5.41) is 4.60. The topological polar surface area (TPSA) is 60.7 Å². The monoisotopic (exact) mass is 425 g/mol. The molecule has 158 valence electrons. The summed E-state index contributed by atoms with van der Waals surface area (Å²) in [7, 11) is 3.16. The van der Waals surface area contributed by atoms with E-state index in [0.29, 0.717) is 28.2 Å². The third kappa shape index (κ3) is 4.43. The van der Waals surface area contributed by atoms with Gasteiger partial charge < -0.3 is 19.2 Å². The van der Waals surface area contributed by atoms with Crippen LogP contribution in [0.2, 0.25) is 0 Å². The van der Waals surface area contributed by atoms with Crippen LogP contribution in [-0.2, 0) is 5.75 Å². The molecular weight excluding hydrogens is 398 g/mol. The Hall–Kier alpha value is -2.60. The summed E-state index contributed by atoms with van der Waals surface area (Å²) in [6.07, 6.45) is 6.44. The molecule has 1 saturated carbocycles. The number of benzene rings is 2. The Labute approximate surface area is 181 Å². The number of methoxy groups -OCH3 is 2. The van der Waals surface area contributed by atoms with Gasteiger partial charge in [0.15, 0.2) is 5.76 Å². The van der Waals surface area contributed by atoms with E-state index in [1.807, 2.05) is 36.0 Å². The molecule has 0 aliphatic heterocycles. The lowest BCUT2D eigenvalue weighted by atomic mass is 10.0. The van der Waals surface area contributed by atoms with Gasteiger partial charge in [0.05, 0.1) is 19.9 Å². The number of nitrogens with one attached hydrogen (secondary N) is 1. The lowest BCUT2D eigenvalue weighted by Crippen LogP contribution is -2.14. The van der Waals surface area contributed by atoms with Crippen LogP contribution in [0.4, 0.5) is 5.69 Å². The molecule has 1 N–H and O–H groups in total. The Bertz CT molecular complexity index is 1020. The van der Waals surface area contributed by atoms with Gasteiger partial charge in [0, 0.05) is 28.0 Å². The maximum atomic E-state index is 13.2. The van der Waals surface area contributed by atoms with Crippen LogP contribution in [0.25, 0.3) is 11.0 Å². The smallest absolute Gasteiger partial charge is 0.291 e. The molecule has 1 amide bonds. The molecular formula is C24H27NO4S. The van der Waals surface area contributed by atoms with Gasteiger partial charge in [-0.1, -0.05) is 37.5 Å². The van der Waals surface area contributed by atoms with Crippen molar-refractivity contribution in [3.05, 3.63) is 53.8 Å². The number of para-hydroxylation sites is 1. The van der Waals surface area contributed by atoms with Gasteiger partial charge in [-0.15, -0.1) is 0 Å². The highest BCUT2D eigenvalue weighted by atomic mass is 32.2. The fourth-order valence-electron chi connectivity index (χ4n) is 3.95. The van der Waals surface area contributed by atoms with Crippen LogP contribution >= 0.6 is 11.8 Å². The van der Waals surface area contributed by atoms with E-state index in [2.05, 4.69) is 5.32 Å². The van der Waals surface area contributed by atoms with Gasteiger partial charge >= 0.3 is 0 Å². The summed E-state index contributed by atoms with van der Waals surface area (Å²) < 4.78 is 16.7. The standard InChI is InChI=1S/C24H27NO4S/c1-27-16-12-13-22(28-2)20(14-16)25-24(26)23-19(15-30-17-8-4-3-5-9-17)18-10-6-7-11-21(18)29-23/h6-7,10-14,17H,3-5,8-9,15H2,1-2H3,(H,25,26). The highest BCUT2D eigenvalue weighted by Crippen LogP contribution is 2.36. The normalized spacial score (nSPS) is 14.6. The summed E-state index contributed by atoms with van der Waals surface area (Å²) in [5.41, 5.74) is 2.24. The molecule has 0 bridgehead atoms. The number of hydrogen-bond acceptors (Lipinski definition) is 5. The largest absolute Gasteiger partial charge is 0.497 e. The van der Waals surface area contributed by atoms with E-state index in [0.717, 1.165) is 22.3 Å². The van der Waals surface area contributed by atoms with Crippen LogP contribution in [0.5, 0.6) is 11.5 Å². The fourth-order valence-corrected chi connectivity index (χ4v) is 5.30. The second-order valence-electron chi connectivity index (χ2n) is 7.50. The van der Waals surface area contributed by atoms with E-state index in [-0.39, 0.29) is 5.91 Å². The predicted molar refractivity (Wildman–Crippen MR) is 122 cm³/mol. The number of rotatable bonds is 7. The van der Waals surface area contributed by atoms with Crippen molar-refractivity contribution in [1.82, 2.24) is 0 Å². The van der Waals surface area contributed by atoms with Crippen molar-refractivity contribution in [2.24, 2.45) is 0 Å². The number of thioether (sulfide) groups is 1. The number of fused-ring (bicyclic) bond motifs is 1. The van der Waals surface area contributed by atoms with Crippen LogP contribution in [0, 0.1) is 0 Å². The van der Waals surface area contributed by atoms with Crippen molar-refractivity contribution >= 4 is 34.3 Å². The van der Waals surface area contributed by atoms with Crippen molar-refractivity contribution < 1.29 is 18.7 Å². The van der Waals surface area contributed by atoms with Gasteiger partial charge in [0.25, 0.3) is 5.91 Å². The van der Waals surface area contributed by atoms with E-state index in [1.165, 1.54) is 32.1 Å². The van der Waals surface area contributed by atoms with Crippen LogP contribution in [0.3, 0.4) is 0 Å². The Morgan fingerprint density at radius 1 is 1.10 bits per heavy atom. The molecule has 4 rings (SSSR count). The van der Waals surface area contributed by atoms with E-state index in [9.17, 15) is 4.79 Å². The van der Waals surface area contributed by atoms with E-state index in [1.54, 1.807) is 32.4 Å². The number of carbonyl (C=O) groups is 1. The van der Waals surface area contributed by atoms with Crippen molar-refractivity contribution in [3.63, 3.8) is 0 Å². The van der Waals surface area contributed by atoms with Gasteiger partial charge in [-0.3, -0.25) is 4.79 Å². The summed E-state index contributed by atoms with van der Waals surface area (Å²) in [5.74, 6) is 2.06. The first-order valence-electron chi connectivity index (χ1n) is 10.3. The highest BCUT2D eigenvalue weighted by molar-refractivity contribution is 7.99. The first-order chi connectivity index (χ1) is 14.7. The number of ether oxygens (including phenoxy) is 2. The first kappa shape index (κ1) is 20.7. The number of amides is 1. The molecule has 6 heteroatoms. The fraction of sp³-hybridized carbons (Fsp3) is 0.375. The van der Waals surface area contributed by atoms with Crippen molar-refractivity contribution in [2.75, 3.05) is 19.5 Å². The lowest BCUT2D eigenvalue weighted by molar-refractivity contribution is 0.0997. The summed E-state index contributed by atoms with van der Waals surface area (Å²) in [4.78, 5) is 13.2. The van der Waals surface area contributed by atoms with Crippen LogP contribution in [0.1, 0.15) is 48.2 Å². The molecule has 2 aromatic carbocycles. The van der Waals surface area contributed by atoms with E-state index < -0.39 is 0 Å². The zero-order valence-corrected chi connectivity index (χ0v) is 18.2. The molecule has 0 saturated heterocycles. The molecule has 0 spiro atoms. The zero-order chi connectivity index (χ0) is 20.9. The minimum atomic E-state index is -0.281. The van der Waals surface area contributed by atoms with Crippen molar-refractivity contribution in [2.45, 2.75) is 43.1 Å². The Morgan fingerprint density at radius 3 is 2.67 bits per heavy atom. The van der Waals surface area contributed by atoms with Gasteiger partial charge in [0.1, 0.15) is 17.1 Å². The second-order valence-corrected chi connectivity index (χ2v) is 8.79. The average molecular weight is 426 g/mol. The summed E-state index contributed by atoms with van der Waals surface area (Å²) in [6.45, 7) is 0. The van der Waals surface area contributed by atoms with Gasteiger partial charge in [-0.25, -0.2) is 0 Å². The molecule has 3 aromatic rings. The molecule has 0 atom stereocenters. The third-order valence-corrected chi connectivity index (χ3v) is 6.97. The minimum Gasteiger partial charge on any atom is -0.497 e. The van der Waals surface area contributed by atoms with Crippen LogP contribution in [0.15, 0.2) is 46.9 Å². The quantitative estimate of drug-likeness (QED) is 0.483. The molecule has 0 radical (unpaired) electrons. The number of furan rings is 1. The minimum absolute atomic E-state index is 0.281. The number of hydrogen-bond donors (Lipinski definition) is 1. The third-order valence-electron chi connectivity index (χ3n) is 5.57. The molecule has 1 aliphatic carbocycles. The Morgan fingerprint density at radius 2 is 1.90 bits per heavy atom. The maximum Gasteiger partial charge on any atom is 0.291 e. The zero-order valence-electron chi connectivity index (χ0n) is 17.4. The molecule has 0 unspecified atom stereocenters. The SMILES string of the molecule is COc1ccc(OC)c(NC(=O)c2oc3ccccc3c2CSC2CCCCC2)c1. The predicted octanol–water partition coefficient (Wildman–Crippen LogP) is 6.27. The summed E-state index contributed by atoms with van der Waals surface area (Å²) >= 11 is 1.94. The second kappa shape index (κ2) is 9.47. The lowest BCUT2D eigenvalue weighted by Gasteiger charge is -2.20. The first-order valence-corrected chi connectivity index (χ1v) is 11.4. The maximum absolute atomic E-state index is 13.2. The van der Waals surface area contributed by atoms with Crippen LogP contribution < -0.4 is 14.8 Å². The Balaban J connectivity index is 1.62. The van der Waals surface area contributed by atoms with Crippen molar-refractivity contribution in [1.29, 1.82) is 0 Å². The molecule has 1 aromatic heterocycles. The van der Waals surface area contributed by atoms with Crippen molar-refractivity contribution in [3.8, 4) is 11.5 Å². The average Bonchev–Trinajstić information content (AvgIpc) is 3.17. The summed E-state index contributed by atoms with van der Waals surface area (Å²) in [6, 6.07) is 13.2. The van der Waals surface area contributed by atoms with Gasteiger partial charge in [-0.05, 0) is 31.0 Å². The Kier molecular flexibility index (Phi) is 6.53. The number of anilines is 1. The highest BCUT2D eigenvalue weighted by Gasteiger charge is 2.23. The molecule has 1 heterocycles. The van der Waals surface area contributed by atoms with E-state index >= 15 is 0 Å². The number of carbonyl (C=O) groups excluding carboxylic acids is 1. The molecule has 30 heavy (non-hydrogen) atoms. The van der Waals surface area contributed by atoms with Gasteiger partial charge in [-0.2, -0.15) is 11.8 Å².